The van der Waals surface area contributed by atoms with Crippen molar-refractivity contribution in [1.82, 2.24) is 0 Å². The van der Waals surface area contributed by atoms with Crippen LogP contribution in [0.15, 0.2) is 72.8 Å². The molecule has 2 amide bonds. The maximum absolute atomic E-state index is 13.9. The van der Waals surface area contributed by atoms with Crippen molar-refractivity contribution < 1.29 is 37.1 Å². The normalized spacial score (nSPS) is 24.2. The van der Waals surface area contributed by atoms with E-state index >= 15 is 0 Å². The number of ether oxygens (including phenoxy) is 1. The van der Waals surface area contributed by atoms with Crippen molar-refractivity contribution in [3.8, 4) is 0 Å². The van der Waals surface area contributed by atoms with Crippen LogP contribution in [0.3, 0.4) is 0 Å². The van der Waals surface area contributed by atoms with Gasteiger partial charge in [0.1, 0.15) is 0 Å². The van der Waals surface area contributed by atoms with E-state index in [4.69, 9.17) is 4.74 Å². The first kappa shape index (κ1) is 23.3. The fraction of sp³-hybridized carbons (Fsp3) is 0.214. The van der Waals surface area contributed by atoms with Gasteiger partial charge in [0, 0.05) is 11.1 Å². The molecule has 0 bridgehead atoms. The van der Waals surface area contributed by atoms with Crippen molar-refractivity contribution in [2.45, 2.75) is 24.8 Å². The zero-order valence-electron chi connectivity index (χ0n) is 19.3. The molecule has 0 saturated carbocycles. The lowest BCUT2D eigenvalue weighted by Crippen LogP contribution is -2.51. The largest absolute Gasteiger partial charge is 0.418 e. The number of para-hydroxylation sites is 1. The minimum atomic E-state index is -4.85. The molecule has 2 aliphatic heterocycles. The molecule has 0 unspecified atom stereocenters. The maximum atomic E-state index is 13.9. The Labute approximate surface area is 208 Å². The Hall–Kier alpha value is -4.11. The number of imide groups is 1. The predicted molar refractivity (Wildman–Crippen MR) is 124 cm³/mol. The number of rotatable bonds is 2. The first-order chi connectivity index (χ1) is 17.6. The van der Waals surface area contributed by atoms with Crippen LogP contribution in [-0.2, 0) is 20.5 Å². The van der Waals surface area contributed by atoms with Crippen LogP contribution in [-0.4, -0.2) is 29.0 Å². The van der Waals surface area contributed by atoms with Gasteiger partial charge in [-0.25, -0.2) is 4.90 Å². The summed E-state index contributed by atoms with van der Waals surface area (Å²) in [6.07, 6.45) is -6.05. The van der Waals surface area contributed by atoms with Crippen molar-refractivity contribution in [1.29, 1.82) is 0 Å². The third-order valence-electron chi connectivity index (χ3n) is 7.38. The SMILES string of the molecule is Cc1ccc([C@@H]2OC3(C(=O)c4ccccc4C3=O)[C@@H]3C(=O)N(c4ccccc4C(F)(F)F)C(=O)[C@H]32)cc1. The minimum Gasteiger partial charge on any atom is -0.349 e. The lowest BCUT2D eigenvalue weighted by atomic mass is 9.77. The topological polar surface area (TPSA) is 80.8 Å². The number of Topliss-reactive ketones (excluding diaryl/α,β-unsaturated/α-hetero) is 2. The number of benzene rings is 3. The number of amides is 2. The zero-order valence-corrected chi connectivity index (χ0v) is 19.3. The van der Waals surface area contributed by atoms with Crippen molar-refractivity contribution in [3.63, 3.8) is 0 Å². The van der Waals surface area contributed by atoms with Crippen molar-refractivity contribution >= 4 is 29.1 Å². The third-order valence-corrected chi connectivity index (χ3v) is 7.38. The highest BCUT2D eigenvalue weighted by Crippen LogP contribution is 2.58. The number of hydrogen-bond donors (Lipinski definition) is 0. The Bertz CT molecular complexity index is 1480. The fourth-order valence-corrected chi connectivity index (χ4v) is 5.72. The van der Waals surface area contributed by atoms with E-state index in [1.54, 1.807) is 36.4 Å². The molecular weight excluding hydrogens is 487 g/mol. The minimum absolute atomic E-state index is 0.0465. The number of hydrogen-bond acceptors (Lipinski definition) is 5. The van der Waals surface area contributed by atoms with E-state index < -0.39 is 64.3 Å². The summed E-state index contributed by atoms with van der Waals surface area (Å²) >= 11 is 0. The fourth-order valence-electron chi connectivity index (χ4n) is 5.72. The van der Waals surface area contributed by atoms with Crippen LogP contribution in [0.2, 0.25) is 0 Å². The molecule has 1 aliphatic carbocycles. The molecule has 3 aromatic carbocycles. The number of ketones is 2. The van der Waals surface area contributed by atoms with E-state index in [9.17, 15) is 32.3 Å². The van der Waals surface area contributed by atoms with Crippen LogP contribution in [0, 0.1) is 18.8 Å². The highest BCUT2D eigenvalue weighted by Gasteiger charge is 2.75. The van der Waals surface area contributed by atoms with Crippen molar-refractivity contribution in [2.24, 2.45) is 11.8 Å². The predicted octanol–water partition coefficient (Wildman–Crippen LogP) is 4.71. The van der Waals surface area contributed by atoms with Gasteiger partial charge in [-0.15, -0.1) is 0 Å². The molecule has 2 fully saturated rings. The van der Waals surface area contributed by atoms with Crippen molar-refractivity contribution in [3.05, 3.63) is 101 Å². The number of anilines is 1. The number of alkyl halides is 3. The van der Waals surface area contributed by atoms with Crippen LogP contribution < -0.4 is 4.90 Å². The van der Waals surface area contributed by atoms with Gasteiger partial charge in [0.15, 0.2) is 0 Å². The number of halogens is 3. The lowest BCUT2D eigenvalue weighted by molar-refractivity contribution is -0.137. The van der Waals surface area contributed by atoms with E-state index in [0.29, 0.717) is 10.5 Å². The summed E-state index contributed by atoms with van der Waals surface area (Å²) in [7, 11) is 0. The van der Waals surface area contributed by atoms with Gasteiger partial charge in [-0.05, 0) is 24.6 Å². The summed E-state index contributed by atoms with van der Waals surface area (Å²) in [5.41, 5.74) is -2.75. The highest BCUT2D eigenvalue weighted by atomic mass is 19.4. The molecule has 6 rings (SSSR count). The second kappa shape index (κ2) is 7.69. The van der Waals surface area contributed by atoms with E-state index in [1.807, 2.05) is 6.92 Å². The molecule has 2 heterocycles. The van der Waals surface area contributed by atoms with Crippen LogP contribution in [0.5, 0.6) is 0 Å². The molecule has 37 heavy (non-hydrogen) atoms. The second-order valence-corrected chi connectivity index (χ2v) is 9.42. The van der Waals surface area contributed by atoms with Gasteiger partial charge >= 0.3 is 6.18 Å². The molecule has 3 aliphatic rings. The first-order valence-corrected chi connectivity index (χ1v) is 11.5. The molecule has 1 spiro atoms. The number of carbonyl (C=O) groups is 4. The third kappa shape index (κ3) is 3.03. The Morgan fingerprint density at radius 1 is 0.784 bits per heavy atom. The molecule has 9 heteroatoms. The summed E-state index contributed by atoms with van der Waals surface area (Å²) in [6, 6.07) is 17.0. The van der Waals surface area contributed by atoms with Crippen LogP contribution in [0.4, 0.5) is 18.9 Å². The van der Waals surface area contributed by atoms with Crippen LogP contribution in [0.25, 0.3) is 0 Å². The second-order valence-electron chi connectivity index (χ2n) is 9.42. The molecule has 2 saturated heterocycles. The maximum Gasteiger partial charge on any atom is 0.418 e. The van der Waals surface area contributed by atoms with Gasteiger partial charge in [0.2, 0.25) is 29.0 Å². The molecule has 6 nitrogen and oxygen atoms in total. The van der Waals surface area contributed by atoms with Gasteiger partial charge in [-0.2, -0.15) is 13.2 Å². The molecule has 186 valence electrons. The van der Waals surface area contributed by atoms with E-state index in [0.717, 1.165) is 23.8 Å². The average molecular weight is 505 g/mol. The molecule has 0 radical (unpaired) electrons. The van der Waals surface area contributed by atoms with Gasteiger partial charge in [-0.1, -0.05) is 66.2 Å². The van der Waals surface area contributed by atoms with Gasteiger partial charge in [0.05, 0.1) is 29.2 Å². The molecule has 0 N–H and O–H groups in total. The summed E-state index contributed by atoms with van der Waals surface area (Å²) < 4.78 is 47.7. The highest BCUT2D eigenvalue weighted by molar-refractivity contribution is 6.37. The summed E-state index contributed by atoms with van der Waals surface area (Å²) in [5, 5.41) is 0. The van der Waals surface area contributed by atoms with Gasteiger partial charge < -0.3 is 4.74 Å². The molecule has 3 aromatic rings. The summed E-state index contributed by atoms with van der Waals surface area (Å²) in [6.45, 7) is 1.84. The monoisotopic (exact) mass is 505 g/mol. The number of fused-ring (bicyclic) bond motifs is 3. The Morgan fingerprint density at radius 2 is 1.35 bits per heavy atom. The lowest BCUT2D eigenvalue weighted by Gasteiger charge is -2.28. The molecular formula is C28H18F3NO5. The van der Waals surface area contributed by atoms with Gasteiger partial charge in [0.25, 0.3) is 0 Å². The summed E-state index contributed by atoms with van der Waals surface area (Å²) in [5.74, 6) is -6.57. The van der Waals surface area contributed by atoms with Gasteiger partial charge in [-0.3, -0.25) is 19.2 Å². The molecule has 0 aromatic heterocycles. The molecule has 3 atom stereocenters. The van der Waals surface area contributed by atoms with Crippen LogP contribution >= 0.6 is 0 Å². The first-order valence-electron chi connectivity index (χ1n) is 11.5. The number of carbonyl (C=O) groups excluding carboxylic acids is 4. The van der Waals surface area contributed by atoms with E-state index in [1.165, 1.54) is 18.2 Å². The van der Waals surface area contributed by atoms with E-state index in [-0.39, 0.29) is 11.1 Å². The average Bonchev–Trinajstić information content (AvgIpc) is 3.44. The quantitative estimate of drug-likeness (QED) is 0.372. The van der Waals surface area contributed by atoms with Crippen LogP contribution in [0.1, 0.15) is 43.5 Å². The Kier molecular flexibility index (Phi) is 4.84. The van der Waals surface area contributed by atoms with E-state index in [2.05, 4.69) is 0 Å². The number of nitrogens with zero attached hydrogens (tertiary/aromatic N) is 1. The van der Waals surface area contributed by atoms with Crippen molar-refractivity contribution in [2.75, 3.05) is 4.90 Å². The Balaban J connectivity index is 1.56. The summed E-state index contributed by atoms with van der Waals surface area (Å²) in [4.78, 5) is 55.6. The standard InChI is InChI=1S/C28H18F3NO5/c1-14-10-12-15(13-11-14)22-20-21(27(37-22)23(33)16-6-2-3-7-17(16)24(27)34)26(36)32(25(20)35)19-9-5-4-8-18(19)28(29,30)31/h2-13,20-22H,1H3/t20-,21+,22+/m1/s1. The zero-order chi connectivity index (χ0) is 26.3. The number of aryl methyl sites for hydroxylation is 1. The Morgan fingerprint density at radius 3 is 1.95 bits per heavy atom. The smallest absolute Gasteiger partial charge is 0.349 e.